The van der Waals surface area contributed by atoms with Crippen molar-refractivity contribution in [3.05, 3.63) is 59.7 Å². The number of nitrogens with one attached hydrogen (secondary N) is 2. The van der Waals surface area contributed by atoms with Crippen LogP contribution in [0.5, 0.6) is 0 Å². The van der Waals surface area contributed by atoms with Gasteiger partial charge in [0, 0.05) is 5.69 Å². The molecular weight excluding hydrogens is 455 g/mol. The van der Waals surface area contributed by atoms with Crippen LogP contribution in [0.3, 0.4) is 0 Å². The first-order valence-electron chi connectivity index (χ1n) is 10.7. The number of piperazine rings is 1. The van der Waals surface area contributed by atoms with Crippen LogP contribution in [-0.4, -0.2) is 51.4 Å². The van der Waals surface area contributed by atoms with Gasteiger partial charge in [0.15, 0.2) is 6.54 Å². The molecule has 0 bridgehead atoms. The fourth-order valence-corrected chi connectivity index (χ4v) is 5.14. The summed E-state index contributed by atoms with van der Waals surface area (Å²) in [6, 6.07) is 11.4. The van der Waals surface area contributed by atoms with Crippen LogP contribution in [0.25, 0.3) is 0 Å². The lowest BCUT2D eigenvalue weighted by atomic mass is 9.87. The minimum atomic E-state index is -4.49. The van der Waals surface area contributed by atoms with Crippen molar-refractivity contribution in [2.75, 3.05) is 38.0 Å². The second-order valence-electron chi connectivity index (χ2n) is 9.23. The summed E-state index contributed by atoms with van der Waals surface area (Å²) in [5, 5.41) is 2.49. The standard InChI is InChI=1S/C23H28F3N3O3S/c1-22(2,3)17-7-9-20(10-8-17)33(31,32)29-13-11-28(12-14-29)16-21(30)27-19-6-4-5-18(15-19)23(24,25)26/h4-10,15H,11-14,16H2,1-3H3,(H,27,30)/p+1. The number of sulfonamides is 1. The minimum Gasteiger partial charge on any atom is -0.325 e. The maximum atomic E-state index is 13.0. The zero-order chi connectivity index (χ0) is 24.4. The van der Waals surface area contributed by atoms with Crippen LogP contribution in [0, 0.1) is 0 Å². The molecule has 6 nitrogen and oxygen atoms in total. The zero-order valence-electron chi connectivity index (χ0n) is 18.9. The van der Waals surface area contributed by atoms with Crippen LogP contribution >= 0.6 is 0 Å². The summed E-state index contributed by atoms with van der Waals surface area (Å²) >= 11 is 0. The smallest absolute Gasteiger partial charge is 0.325 e. The molecule has 1 saturated heterocycles. The van der Waals surface area contributed by atoms with E-state index >= 15 is 0 Å². The number of carbonyl (C=O) groups excluding carboxylic acids is 1. The SMILES string of the molecule is CC(C)(C)c1ccc(S(=O)(=O)N2CC[NH+](CC(=O)Nc3cccc(C(F)(F)F)c3)CC2)cc1. The first kappa shape index (κ1) is 25.2. The van der Waals surface area contributed by atoms with Crippen molar-refractivity contribution < 1.29 is 31.3 Å². The molecule has 2 N–H and O–H groups in total. The third-order valence-corrected chi connectivity index (χ3v) is 7.58. The molecule has 1 aliphatic rings. The largest absolute Gasteiger partial charge is 0.416 e. The Morgan fingerprint density at radius 2 is 1.61 bits per heavy atom. The van der Waals surface area contributed by atoms with Crippen LogP contribution in [0.4, 0.5) is 18.9 Å². The maximum absolute atomic E-state index is 13.0. The topological polar surface area (TPSA) is 70.9 Å². The highest BCUT2D eigenvalue weighted by Crippen LogP contribution is 2.30. The van der Waals surface area contributed by atoms with Crippen LogP contribution in [0.2, 0.25) is 0 Å². The van der Waals surface area contributed by atoms with Gasteiger partial charge in [-0.2, -0.15) is 17.5 Å². The Bertz CT molecular complexity index is 1090. The number of benzene rings is 2. The van der Waals surface area contributed by atoms with Gasteiger partial charge in [0.05, 0.1) is 36.6 Å². The predicted octanol–water partition coefficient (Wildman–Crippen LogP) is 2.53. The summed E-state index contributed by atoms with van der Waals surface area (Å²) < 4.78 is 65.9. The molecule has 2 aromatic rings. The lowest BCUT2D eigenvalue weighted by Gasteiger charge is -2.31. The first-order chi connectivity index (χ1) is 15.3. The average molecular weight is 485 g/mol. The van der Waals surface area contributed by atoms with Crippen molar-refractivity contribution in [1.82, 2.24) is 4.31 Å². The van der Waals surface area contributed by atoms with E-state index in [1.54, 1.807) is 12.1 Å². The van der Waals surface area contributed by atoms with Crippen molar-refractivity contribution >= 4 is 21.6 Å². The number of rotatable bonds is 5. The Morgan fingerprint density at radius 1 is 1.00 bits per heavy atom. The lowest BCUT2D eigenvalue weighted by molar-refractivity contribution is -0.895. The van der Waals surface area contributed by atoms with Gasteiger partial charge < -0.3 is 10.2 Å². The van der Waals surface area contributed by atoms with Crippen molar-refractivity contribution in [3.8, 4) is 0 Å². The van der Waals surface area contributed by atoms with Crippen LogP contribution < -0.4 is 10.2 Å². The summed E-state index contributed by atoms with van der Waals surface area (Å²) in [7, 11) is -3.63. The number of quaternary nitrogens is 1. The van der Waals surface area contributed by atoms with Gasteiger partial charge in [-0.15, -0.1) is 0 Å². The highest BCUT2D eigenvalue weighted by atomic mass is 32.2. The van der Waals surface area contributed by atoms with Gasteiger partial charge in [-0.3, -0.25) is 4.79 Å². The average Bonchev–Trinajstić information content (AvgIpc) is 2.73. The van der Waals surface area contributed by atoms with Gasteiger partial charge in [0.2, 0.25) is 10.0 Å². The predicted molar refractivity (Wildman–Crippen MR) is 120 cm³/mol. The highest BCUT2D eigenvalue weighted by molar-refractivity contribution is 7.89. The summed E-state index contributed by atoms with van der Waals surface area (Å²) in [6.45, 7) is 7.59. The Morgan fingerprint density at radius 3 is 2.15 bits per heavy atom. The Hall–Kier alpha value is -2.43. The first-order valence-corrected chi connectivity index (χ1v) is 12.1. The Kier molecular flexibility index (Phi) is 7.21. The third kappa shape index (κ3) is 6.33. The zero-order valence-corrected chi connectivity index (χ0v) is 19.7. The molecule has 180 valence electrons. The van der Waals surface area contributed by atoms with Gasteiger partial charge in [-0.25, -0.2) is 8.42 Å². The summed E-state index contributed by atoms with van der Waals surface area (Å²) in [5.74, 6) is -0.418. The van der Waals surface area contributed by atoms with E-state index in [4.69, 9.17) is 0 Å². The van der Waals surface area contributed by atoms with E-state index in [2.05, 4.69) is 26.1 Å². The normalized spacial score (nSPS) is 16.5. The molecule has 1 heterocycles. The van der Waals surface area contributed by atoms with Crippen molar-refractivity contribution in [1.29, 1.82) is 0 Å². The van der Waals surface area contributed by atoms with Gasteiger partial charge in [0.25, 0.3) is 5.91 Å². The van der Waals surface area contributed by atoms with E-state index in [9.17, 15) is 26.4 Å². The van der Waals surface area contributed by atoms with Crippen molar-refractivity contribution in [3.63, 3.8) is 0 Å². The summed E-state index contributed by atoms with van der Waals surface area (Å²) in [6.07, 6.45) is -4.49. The van der Waals surface area contributed by atoms with E-state index in [1.165, 1.54) is 16.4 Å². The number of nitrogens with zero attached hydrogens (tertiary/aromatic N) is 1. The van der Waals surface area contributed by atoms with Gasteiger partial charge in [-0.1, -0.05) is 39.0 Å². The molecular formula is C23H29F3N3O3S+. The van der Waals surface area contributed by atoms with E-state index in [0.717, 1.165) is 22.6 Å². The Labute approximate surface area is 192 Å². The molecule has 0 radical (unpaired) electrons. The highest BCUT2D eigenvalue weighted by Gasteiger charge is 2.32. The monoisotopic (exact) mass is 484 g/mol. The number of alkyl halides is 3. The van der Waals surface area contributed by atoms with Crippen LogP contribution in [0.1, 0.15) is 31.9 Å². The van der Waals surface area contributed by atoms with Gasteiger partial charge in [0.1, 0.15) is 0 Å². The molecule has 0 unspecified atom stereocenters. The van der Waals surface area contributed by atoms with Crippen LogP contribution in [0.15, 0.2) is 53.4 Å². The summed E-state index contributed by atoms with van der Waals surface area (Å²) in [5.41, 5.74) is 0.213. The van der Waals surface area contributed by atoms with Gasteiger partial charge >= 0.3 is 6.18 Å². The fourth-order valence-electron chi connectivity index (χ4n) is 3.70. The number of anilines is 1. The molecule has 1 fully saturated rings. The maximum Gasteiger partial charge on any atom is 0.416 e. The molecule has 33 heavy (non-hydrogen) atoms. The molecule has 0 aromatic heterocycles. The Balaban J connectivity index is 1.56. The van der Waals surface area contributed by atoms with Crippen molar-refractivity contribution in [2.45, 2.75) is 37.3 Å². The quantitative estimate of drug-likeness (QED) is 0.685. The second kappa shape index (κ2) is 9.44. The lowest BCUT2D eigenvalue weighted by Crippen LogP contribution is -3.15. The number of hydrogen-bond acceptors (Lipinski definition) is 3. The number of hydrogen-bond donors (Lipinski definition) is 2. The molecule has 0 atom stereocenters. The molecule has 0 spiro atoms. The molecule has 0 aliphatic carbocycles. The van der Waals surface area contributed by atoms with E-state index in [0.29, 0.717) is 13.1 Å². The molecule has 1 amide bonds. The van der Waals surface area contributed by atoms with E-state index in [-0.39, 0.29) is 35.6 Å². The second-order valence-corrected chi connectivity index (χ2v) is 11.2. The third-order valence-electron chi connectivity index (χ3n) is 5.67. The molecule has 0 saturated carbocycles. The van der Waals surface area contributed by atoms with E-state index in [1.807, 2.05) is 12.1 Å². The molecule has 2 aromatic carbocycles. The number of carbonyl (C=O) groups is 1. The van der Waals surface area contributed by atoms with Gasteiger partial charge in [-0.05, 0) is 41.3 Å². The fraction of sp³-hybridized carbons (Fsp3) is 0.435. The van der Waals surface area contributed by atoms with Crippen LogP contribution in [-0.2, 0) is 26.4 Å². The van der Waals surface area contributed by atoms with Crippen molar-refractivity contribution in [2.24, 2.45) is 0 Å². The number of amides is 1. The molecule has 3 rings (SSSR count). The molecule has 10 heteroatoms. The van der Waals surface area contributed by atoms with E-state index < -0.39 is 27.7 Å². The minimum absolute atomic E-state index is 0.0460. The number of halogens is 3. The summed E-state index contributed by atoms with van der Waals surface area (Å²) in [4.78, 5) is 13.4. The molecule has 1 aliphatic heterocycles.